The van der Waals surface area contributed by atoms with E-state index in [1.54, 1.807) is 30.3 Å². The Bertz CT molecular complexity index is 1040. The van der Waals surface area contributed by atoms with Gasteiger partial charge in [0.15, 0.2) is 17.3 Å². The van der Waals surface area contributed by atoms with Gasteiger partial charge in [0.25, 0.3) is 0 Å². The molecule has 1 saturated heterocycles. The maximum atomic E-state index is 12.8. The molecule has 0 N–H and O–H groups in total. The number of carbonyl (C=O) groups is 1. The highest BCUT2D eigenvalue weighted by atomic mass is 32.2. The van der Waals surface area contributed by atoms with Crippen molar-refractivity contribution in [3.8, 4) is 11.5 Å². The molecule has 0 saturated carbocycles. The number of allylic oxidation sites excluding steroid dienone is 1. The van der Waals surface area contributed by atoms with Crippen molar-refractivity contribution in [2.45, 2.75) is 24.7 Å². The summed E-state index contributed by atoms with van der Waals surface area (Å²) in [7, 11) is -3.51. The molecule has 0 aromatic heterocycles. The van der Waals surface area contributed by atoms with Crippen LogP contribution < -0.4 is 9.47 Å². The van der Waals surface area contributed by atoms with E-state index in [2.05, 4.69) is 6.92 Å². The molecule has 0 atom stereocenters. The van der Waals surface area contributed by atoms with E-state index in [0.29, 0.717) is 36.1 Å². The van der Waals surface area contributed by atoms with Gasteiger partial charge in [0.2, 0.25) is 16.8 Å². The molecule has 0 amide bonds. The van der Waals surface area contributed by atoms with E-state index in [0.717, 1.165) is 18.4 Å². The SMILES string of the molecule is CC1CCN(S(=O)(=O)c2ccc(C(=O)C=Cc3ccc4c(c3)OCO4)cc2)CC1. The number of ketones is 1. The van der Waals surface area contributed by atoms with E-state index in [4.69, 9.17) is 9.47 Å². The van der Waals surface area contributed by atoms with E-state index < -0.39 is 10.0 Å². The summed E-state index contributed by atoms with van der Waals surface area (Å²) in [4.78, 5) is 12.7. The first kappa shape index (κ1) is 19.7. The van der Waals surface area contributed by atoms with Gasteiger partial charge in [-0.15, -0.1) is 0 Å². The van der Waals surface area contributed by atoms with Crippen LogP contribution in [-0.4, -0.2) is 38.4 Å². The summed E-state index contributed by atoms with van der Waals surface area (Å²) in [5.41, 5.74) is 1.26. The standard InChI is InChI=1S/C22H23NO5S/c1-16-10-12-23(13-11-16)29(25,26)19-6-4-18(5-7-19)20(24)8-2-17-3-9-21-22(14-17)28-15-27-21/h2-9,14,16H,10-13,15H2,1H3. The Labute approximate surface area is 170 Å². The van der Waals surface area contributed by atoms with Crippen molar-refractivity contribution < 1.29 is 22.7 Å². The Balaban J connectivity index is 1.45. The van der Waals surface area contributed by atoms with Gasteiger partial charge in [0.1, 0.15) is 0 Å². The van der Waals surface area contributed by atoms with Crippen LogP contribution in [0.4, 0.5) is 0 Å². The highest BCUT2D eigenvalue weighted by Crippen LogP contribution is 2.32. The van der Waals surface area contributed by atoms with Gasteiger partial charge in [0.05, 0.1) is 4.90 Å². The average Bonchev–Trinajstić information content (AvgIpc) is 3.20. The third kappa shape index (κ3) is 4.21. The molecule has 7 heteroatoms. The summed E-state index contributed by atoms with van der Waals surface area (Å²) in [6.07, 6.45) is 4.91. The van der Waals surface area contributed by atoms with Crippen LogP contribution >= 0.6 is 0 Å². The lowest BCUT2D eigenvalue weighted by atomic mass is 10.0. The van der Waals surface area contributed by atoms with Crippen molar-refractivity contribution in [1.29, 1.82) is 0 Å². The molecule has 152 valence electrons. The zero-order valence-corrected chi connectivity index (χ0v) is 17.0. The van der Waals surface area contributed by atoms with Crippen LogP contribution in [0.1, 0.15) is 35.7 Å². The number of carbonyl (C=O) groups excluding carboxylic acids is 1. The number of rotatable bonds is 5. The van der Waals surface area contributed by atoms with Crippen molar-refractivity contribution >= 4 is 21.9 Å². The van der Waals surface area contributed by atoms with Crippen molar-refractivity contribution in [3.05, 3.63) is 59.7 Å². The molecule has 2 aromatic carbocycles. The van der Waals surface area contributed by atoms with Crippen LogP contribution in [0.25, 0.3) is 6.08 Å². The predicted octanol–water partition coefficient (Wildman–Crippen LogP) is 3.73. The van der Waals surface area contributed by atoms with Gasteiger partial charge >= 0.3 is 0 Å². The fourth-order valence-corrected chi connectivity index (χ4v) is 4.92. The number of hydrogen-bond donors (Lipinski definition) is 0. The van der Waals surface area contributed by atoms with E-state index in [9.17, 15) is 13.2 Å². The molecule has 4 rings (SSSR count). The Hall–Kier alpha value is -2.64. The lowest BCUT2D eigenvalue weighted by molar-refractivity contribution is 0.104. The lowest BCUT2D eigenvalue weighted by Gasteiger charge is -2.29. The Morgan fingerprint density at radius 1 is 1.03 bits per heavy atom. The van der Waals surface area contributed by atoms with Gasteiger partial charge in [-0.05, 0) is 66.8 Å². The minimum Gasteiger partial charge on any atom is -0.454 e. The molecule has 2 aliphatic rings. The van der Waals surface area contributed by atoms with Crippen LogP contribution in [-0.2, 0) is 10.0 Å². The second-order valence-electron chi connectivity index (χ2n) is 7.42. The third-order valence-electron chi connectivity index (χ3n) is 5.34. The number of benzene rings is 2. The molecule has 0 unspecified atom stereocenters. The molecule has 0 aliphatic carbocycles. The number of hydrogen-bond acceptors (Lipinski definition) is 5. The molecule has 0 radical (unpaired) electrons. The largest absolute Gasteiger partial charge is 0.454 e. The maximum Gasteiger partial charge on any atom is 0.243 e. The van der Waals surface area contributed by atoms with Gasteiger partial charge in [-0.1, -0.05) is 19.1 Å². The van der Waals surface area contributed by atoms with E-state index >= 15 is 0 Å². The van der Waals surface area contributed by atoms with Crippen molar-refractivity contribution in [2.75, 3.05) is 19.9 Å². The van der Waals surface area contributed by atoms with E-state index in [1.807, 2.05) is 6.07 Å². The second kappa shape index (κ2) is 8.00. The molecule has 6 nitrogen and oxygen atoms in total. The van der Waals surface area contributed by atoms with Crippen molar-refractivity contribution in [3.63, 3.8) is 0 Å². The zero-order chi connectivity index (χ0) is 20.4. The van der Waals surface area contributed by atoms with Gasteiger partial charge in [-0.3, -0.25) is 4.79 Å². The number of fused-ring (bicyclic) bond motifs is 1. The molecular formula is C22H23NO5S. The van der Waals surface area contributed by atoms with Crippen LogP contribution in [0.3, 0.4) is 0 Å². The third-order valence-corrected chi connectivity index (χ3v) is 7.26. The summed E-state index contributed by atoms with van der Waals surface area (Å²) < 4.78 is 37.7. The van der Waals surface area contributed by atoms with Gasteiger partial charge in [-0.2, -0.15) is 4.31 Å². The molecule has 2 heterocycles. The number of ether oxygens (including phenoxy) is 2. The monoisotopic (exact) mass is 413 g/mol. The van der Waals surface area contributed by atoms with Gasteiger partial charge in [-0.25, -0.2) is 8.42 Å². The molecule has 0 bridgehead atoms. The maximum absolute atomic E-state index is 12.8. The molecule has 2 aromatic rings. The highest BCUT2D eigenvalue weighted by molar-refractivity contribution is 7.89. The van der Waals surface area contributed by atoms with Gasteiger partial charge in [0, 0.05) is 18.7 Å². The smallest absolute Gasteiger partial charge is 0.243 e. The molecule has 29 heavy (non-hydrogen) atoms. The number of nitrogens with zero attached hydrogens (tertiary/aromatic N) is 1. The van der Waals surface area contributed by atoms with Crippen LogP contribution in [0, 0.1) is 5.92 Å². The summed E-state index contributed by atoms with van der Waals surface area (Å²) in [5.74, 6) is 1.70. The number of sulfonamides is 1. The summed E-state index contributed by atoms with van der Waals surface area (Å²) in [6, 6.07) is 11.6. The Morgan fingerprint density at radius 2 is 1.72 bits per heavy atom. The predicted molar refractivity (Wildman–Crippen MR) is 110 cm³/mol. The Morgan fingerprint density at radius 3 is 2.45 bits per heavy atom. The van der Waals surface area contributed by atoms with Gasteiger partial charge < -0.3 is 9.47 Å². The lowest BCUT2D eigenvalue weighted by Crippen LogP contribution is -2.37. The van der Waals surface area contributed by atoms with E-state index in [-0.39, 0.29) is 17.5 Å². The number of piperidine rings is 1. The van der Waals surface area contributed by atoms with E-state index in [1.165, 1.54) is 22.5 Å². The summed E-state index contributed by atoms with van der Waals surface area (Å²) >= 11 is 0. The molecular weight excluding hydrogens is 390 g/mol. The topological polar surface area (TPSA) is 72.9 Å². The highest BCUT2D eigenvalue weighted by Gasteiger charge is 2.28. The minimum atomic E-state index is -3.51. The summed E-state index contributed by atoms with van der Waals surface area (Å²) in [6.45, 7) is 3.43. The first-order valence-electron chi connectivity index (χ1n) is 9.66. The fourth-order valence-electron chi connectivity index (χ4n) is 3.45. The van der Waals surface area contributed by atoms with Crippen molar-refractivity contribution in [1.82, 2.24) is 4.31 Å². The molecule has 1 fully saturated rings. The quantitative estimate of drug-likeness (QED) is 0.552. The molecule has 0 spiro atoms. The second-order valence-corrected chi connectivity index (χ2v) is 9.36. The van der Waals surface area contributed by atoms with Crippen LogP contribution in [0.15, 0.2) is 53.4 Å². The Kier molecular flexibility index (Phi) is 5.43. The zero-order valence-electron chi connectivity index (χ0n) is 16.2. The fraction of sp³-hybridized carbons (Fsp3) is 0.318. The minimum absolute atomic E-state index is 0.196. The average molecular weight is 413 g/mol. The van der Waals surface area contributed by atoms with Crippen LogP contribution in [0.5, 0.6) is 11.5 Å². The normalized spacial score (nSPS) is 17.7. The first-order chi connectivity index (χ1) is 13.9. The van der Waals surface area contributed by atoms with Crippen molar-refractivity contribution in [2.24, 2.45) is 5.92 Å². The molecule has 2 aliphatic heterocycles. The first-order valence-corrected chi connectivity index (χ1v) is 11.1. The van der Waals surface area contributed by atoms with Crippen LogP contribution in [0.2, 0.25) is 0 Å². The summed E-state index contributed by atoms with van der Waals surface area (Å²) in [5, 5.41) is 0.